The molecule has 0 unspecified atom stereocenters. The van der Waals surface area contributed by atoms with Gasteiger partial charge in [-0.1, -0.05) is 12.1 Å². The van der Waals surface area contributed by atoms with Crippen molar-refractivity contribution in [1.82, 2.24) is 14.9 Å². The predicted octanol–water partition coefficient (Wildman–Crippen LogP) is 5.29. The number of fused-ring (bicyclic) bond motifs is 1. The minimum Gasteiger partial charge on any atom is -0.493 e. The molecule has 1 amide bonds. The number of rotatable bonds is 12. The average Bonchev–Trinajstić information content (AvgIpc) is 2.97. The summed E-state index contributed by atoms with van der Waals surface area (Å²) in [5.41, 5.74) is 2.58. The van der Waals surface area contributed by atoms with Gasteiger partial charge in [0.15, 0.2) is 11.5 Å². The van der Waals surface area contributed by atoms with E-state index >= 15 is 0 Å². The molecule has 0 bridgehead atoms. The van der Waals surface area contributed by atoms with E-state index in [1.807, 2.05) is 32.0 Å². The summed E-state index contributed by atoms with van der Waals surface area (Å²) in [6, 6.07) is 15.6. The molecule has 2 heterocycles. The molecule has 0 spiro atoms. The number of carbonyl (C=O) groups excluding carboxylic acids is 1. The van der Waals surface area contributed by atoms with Crippen molar-refractivity contribution in [2.45, 2.75) is 13.5 Å². The highest BCUT2D eigenvalue weighted by molar-refractivity contribution is 6.04. The van der Waals surface area contributed by atoms with E-state index in [4.69, 9.17) is 18.3 Å². The Morgan fingerprint density at radius 3 is 2.73 bits per heavy atom. The van der Waals surface area contributed by atoms with Gasteiger partial charge in [-0.2, -0.15) is 5.26 Å². The zero-order valence-corrected chi connectivity index (χ0v) is 23.0. The number of anilines is 3. The number of pyridine rings is 2. The third-order valence-corrected chi connectivity index (χ3v) is 5.81. The summed E-state index contributed by atoms with van der Waals surface area (Å²) in [4.78, 5) is 23.2. The Hall–Kier alpha value is -5.14. The van der Waals surface area contributed by atoms with Crippen LogP contribution in [0, 0.1) is 11.3 Å². The third-order valence-electron chi connectivity index (χ3n) is 5.81. The summed E-state index contributed by atoms with van der Waals surface area (Å²) >= 11 is 0. The highest BCUT2D eigenvalue weighted by Crippen LogP contribution is 2.38. The Balaban J connectivity index is 1.72. The Morgan fingerprint density at radius 1 is 1.12 bits per heavy atom. The van der Waals surface area contributed by atoms with Gasteiger partial charge in [-0.15, -0.1) is 0 Å². The standard InChI is InChI=1S/C31H32N6O4/c1-5-40-28-17-25-24(16-26(28)36-30(38)10-8-14-37(2)3)31(21(18-32)19-34-25)35-22-11-12-27(29(15-22)39-4)41-20-23-9-6-7-13-33-23/h6-13,15-17,19H,5,14,20H2,1-4H3,(H,34,35)(H,36,38)/b10-8+/i4D3. The lowest BCUT2D eigenvalue weighted by Gasteiger charge is -2.17. The largest absolute Gasteiger partial charge is 0.493 e. The molecule has 0 aliphatic heterocycles. The number of nitrogens with one attached hydrogen (secondary N) is 2. The number of aromatic nitrogens is 2. The molecule has 2 N–H and O–H groups in total. The summed E-state index contributed by atoms with van der Waals surface area (Å²) in [5.74, 6) is 0.240. The summed E-state index contributed by atoms with van der Waals surface area (Å²) in [6.45, 7) is 2.87. The molecule has 41 heavy (non-hydrogen) atoms. The van der Waals surface area contributed by atoms with E-state index in [-0.39, 0.29) is 29.6 Å². The second kappa shape index (κ2) is 13.8. The molecule has 210 valence electrons. The normalized spacial score (nSPS) is 12.3. The average molecular weight is 556 g/mol. The maximum atomic E-state index is 12.7. The lowest BCUT2D eigenvalue weighted by Crippen LogP contribution is -2.13. The second-order valence-corrected chi connectivity index (χ2v) is 9.11. The van der Waals surface area contributed by atoms with Gasteiger partial charge in [0.25, 0.3) is 0 Å². The number of ether oxygens (including phenoxy) is 3. The van der Waals surface area contributed by atoms with E-state index in [1.54, 1.807) is 48.7 Å². The van der Waals surface area contributed by atoms with Crippen molar-refractivity contribution >= 4 is 33.9 Å². The monoisotopic (exact) mass is 555 g/mol. The van der Waals surface area contributed by atoms with Crippen LogP contribution in [0.25, 0.3) is 10.9 Å². The van der Waals surface area contributed by atoms with Crippen LogP contribution in [0.4, 0.5) is 17.1 Å². The Labute approximate surface area is 243 Å². The first-order valence-electron chi connectivity index (χ1n) is 14.3. The second-order valence-electron chi connectivity index (χ2n) is 9.11. The van der Waals surface area contributed by atoms with Crippen molar-refractivity contribution in [3.63, 3.8) is 0 Å². The number of hydrogen-bond acceptors (Lipinski definition) is 9. The molecule has 2 aromatic heterocycles. The number of nitriles is 1. The Kier molecular flexibility index (Phi) is 8.36. The highest BCUT2D eigenvalue weighted by atomic mass is 16.5. The molecule has 0 saturated heterocycles. The van der Waals surface area contributed by atoms with Gasteiger partial charge in [-0.05, 0) is 51.4 Å². The maximum absolute atomic E-state index is 12.7. The number of benzene rings is 2. The minimum absolute atomic E-state index is 0.0288. The van der Waals surface area contributed by atoms with Gasteiger partial charge >= 0.3 is 0 Å². The molecule has 0 aliphatic rings. The van der Waals surface area contributed by atoms with Crippen LogP contribution in [0.5, 0.6) is 17.2 Å². The van der Waals surface area contributed by atoms with Gasteiger partial charge in [-0.3, -0.25) is 14.8 Å². The maximum Gasteiger partial charge on any atom is 0.248 e. The number of nitrogens with zero attached hydrogens (tertiary/aromatic N) is 4. The fourth-order valence-electron chi connectivity index (χ4n) is 3.92. The molecule has 0 saturated carbocycles. The topological polar surface area (TPSA) is 122 Å². The molecule has 10 nitrogen and oxygen atoms in total. The lowest BCUT2D eigenvalue weighted by molar-refractivity contribution is -0.111. The van der Waals surface area contributed by atoms with Crippen molar-refractivity contribution in [2.75, 3.05) is 44.9 Å². The zero-order chi connectivity index (χ0) is 31.7. The molecule has 0 atom stereocenters. The molecule has 0 fully saturated rings. The summed E-state index contributed by atoms with van der Waals surface area (Å²) in [5, 5.41) is 16.5. The Bertz CT molecular complexity index is 1690. The number of amides is 1. The van der Waals surface area contributed by atoms with E-state index in [9.17, 15) is 10.1 Å². The first-order valence-corrected chi connectivity index (χ1v) is 12.8. The smallest absolute Gasteiger partial charge is 0.248 e. The number of hydrogen-bond donors (Lipinski definition) is 2. The number of likely N-dealkylation sites (N-methyl/N-ethyl adjacent to an activating group) is 1. The van der Waals surface area contributed by atoms with Crippen LogP contribution in [-0.2, 0) is 11.4 Å². The van der Waals surface area contributed by atoms with Gasteiger partial charge in [-0.25, -0.2) is 0 Å². The predicted molar refractivity (Wildman–Crippen MR) is 159 cm³/mol. The molecule has 0 aliphatic carbocycles. The number of methoxy groups -OCH3 is 1. The van der Waals surface area contributed by atoms with Crippen LogP contribution >= 0.6 is 0 Å². The minimum atomic E-state index is -2.74. The summed E-state index contributed by atoms with van der Waals surface area (Å²) < 4.78 is 39.8. The van der Waals surface area contributed by atoms with Crippen LogP contribution < -0.4 is 24.8 Å². The molecule has 4 rings (SSSR count). The van der Waals surface area contributed by atoms with Crippen molar-refractivity contribution in [1.29, 1.82) is 5.26 Å². The van der Waals surface area contributed by atoms with Crippen molar-refractivity contribution in [3.05, 3.63) is 84.3 Å². The third kappa shape index (κ3) is 7.50. The van der Waals surface area contributed by atoms with Crippen LogP contribution in [0.3, 0.4) is 0 Å². The number of carbonyl (C=O) groups is 1. The van der Waals surface area contributed by atoms with Gasteiger partial charge in [0.05, 0.1) is 45.9 Å². The van der Waals surface area contributed by atoms with E-state index in [0.29, 0.717) is 52.6 Å². The van der Waals surface area contributed by atoms with Gasteiger partial charge in [0.2, 0.25) is 5.91 Å². The van der Waals surface area contributed by atoms with Crippen LogP contribution in [0.15, 0.2) is 73.1 Å². The molecular weight excluding hydrogens is 520 g/mol. The highest BCUT2D eigenvalue weighted by Gasteiger charge is 2.16. The van der Waals surface area contributed by atoms with Crippen LogP contribution in [-0.4, -0.2) is 55.1 Å². The molecule has 10 heteroatoms. The zero-order valence-electron chi connectivity index (χ0n) is 26.0. The van der Waals surface area contributed by atoms with Gasteiger partial charge < -0.3 is 29.7 Å². The molecule has 2 aromatic carbocycles. The van der Waals surface area contributed by atoms with Crippen molar-refractivity contribution < 1.29 is 23.1 Å². The summed E-state index contributed by atoms with van der Waals surface area (Å²) in [6.07, 6.45) is 6.23. The van der Waals surface area contributed by atoms with Crippen molar-refractivity contribution in [2.24, 2.45) is 0 Å². The van der Waals surface area contributed by atoms with E-state index in [0.717, 1.165) is 0 Å². The van der Waals surface area contributed by atoms with Gasteiger partial charge in [0, 0.05) is 48.2 Å². The van der Waals surface area contributed by atoms with Crippen molar-refractivity contribution in [3.8, 4) is 23.3 Å². The first kappa shape index (κ1) is 24.9. The fourth-order valence-corrected chi connectivity index (χ4v) is 3.92. The van der Waals surface area contributed by atoms with Crippen LogP contribution in [0.1, 0.15) is 22.3 Å². The first-order chi connectivity index (χ1) is 21.1. The van der Waals surface area contributed by atoms with Crippen LogP contribution in [0.2, 0.25) is 0 Å². The van der Waals surface area contributed by atoms with E-state index in [1.165, 1.54) is 18.3 Å². The van der Waals surface area contributed by atoms with E-state index < -0.39 is 7.04 Å². The van der Waals surface area contributed by atoms with Gasteiger partial charge in [0.1, 0.15) is 18.4 Å². The Morgan fingerprint density at radius 2 is 2.00 bits per heavy atom. The fraction of sp³-hybridized carbons (Fsp3) is 0.226. The SMILES string of the molecule is [2H]C([2H])([2H])Oc1cc(Nc2c(C#N)cnc3cc(OCC)c(NC(=O)/C=C/CN(C)C)cc23)ccc1OCc1ccccn1. The van der Waals surface area contributed by atoms with E-state index in [2.05, 4.69) is 26.7 Å². The molecule has 4 aromatic rings. The molecule has 0 radical (unpaired) electrons. The molecular formula is C31H32N6O4. The summed E-state index contributed by atoms with van der Waals surface area (Å²) in [7, 11) is 1.05. The lowest BCUT2D eigenvalue weighted by atomic mass is 10.1. The quantitative estimate of drug-likeness (QED) is 0.225.